The van der Waals surface area contributed by atoms with Gasteiger partial charge in [-0.25, -0.2) is 4.39 Å². The molecule has 0 saturated heterocycles. The average Bonchev–Trinajstić information content (AvgIpc) is 2.41. The zero-order chi connectivity index (χ0) is 13.0. The van der Waals surface area contributed by atoms with Gasteiger partial charge in [-0.3, -0.25) is 4.98 Å². The SMILES string of the molecule is OCc1ccncc1NCc1cccc(Cl)c1F. The van der Waals surface area contributed by atoms with Crippen LogP contribution in [0, 0.1) is 5.82 Å². The highest BCUT2D eigenvalue weighted by molar-refractivity contribution is 6.30. The maximum Gasteiger partial charge on any atom is 0.146 e. The van der Waals surface area contributed by atoms with Crippen LogP contribution in [0.3, 0.4) is 0 Å². The lowest BCUT2D eigenvalue weighted by atomic mass is 10.2. The molecule has 18 heavy (non-hydrogen) atoms. The number of rotatable bonds is 4. The molecule has 0 aliphatic rings. The molecule has 0 radical (unpaired) electrons. The fourth-order valence-corrected chi connectivity index (χ4v) is 1.79. The summed E-state index contributed by atoms with van der Waals surface area (Å²) in [5, 5.41) is 12.3. The molecule has 3 nitrogen and oxygen atoms in total. The van der Waals surface area contributed by atoms with Crippen LogP contribution in [0.2, 0.25) is 5.02 Å². The van der Waals surface area contributed by atoms with E-state index < -0.39 is 5.82 Å². The number of aromatic nitrogens is 1. The molecule has 5 heteroatoms. The molecule has 0 spiro atoms. The molecule has 0 amide bonds. The van der Waals surface area contributed by atoms with Gasteiger partial charge in [0.05, 0.1) is 23.5 Å². The van der Waals surface area contributed by atoms with E-state index >= 15 is 0 Å². The lowest BCUT2D eigenvalue weighted by molar-refractivity contribution is 0.282. The van der Waals surface area contributed by atoms with Crippen LogP contribution < -0.4 is 5.32 Å². The third kappa shape index (κ3) is 2.78. The number of pyridine rings is 1. The molecule has 0 atom stereocenters. The number of aliphatic hydroxyl groups is 1. The number of anilines is 1. The number of hydrogen-bond acceptors (Lipinski definition) is 3. The van der Waals surface area contributed by atoms with Gasteiger partial charge >= 0.3 is 0 Å². The summed E-state index contributed by atoms with van der Waals surface area (Å²) in [7, 11) is 0. The van der Waals surface area contributed by atoms with Crippen molar-refractivity contribution in [3.05, 3.63) is 58.6 Å². The minimum Gasteiger partial charge on any atom is -0.392 e. The van der Waals surface area contributed by atoms with Crippen LogP contribution in [0.4, 0.5) is 10.1 Å². The predicted octanol–water partition coefficient (Wildman–Crippen LogP) is 2.98. The highest BCUT2D eigenvalue weighted by Gasteiger charge is 2.07. The Balaban J connectivity index is 2.14. The normalized spacial score (nSPS) is 10.4. The molecular formula is C13H12ClFN2O. The molecule has 0 bridgehead atoms. The standard InChI is InChI=1S/C13H12ClFN2O/c14-11-3-1-2-9(13(11)15)6-17-12-7-16-5-4-10(12)8-18/h1-5,7,17-18H,6,8H2. The van der Waals surface area contributed by atoms with Crippen molar-refractivity contribution in [1.29, 1.82) is 0 Å². The van der Waals surface area contributed by atoms with Crippen LogP contribution >= 0.6 is 11.6 Å². The van der Waals surface area contributed by atoms with Crippen molar-refractivity contribution in [2.75, 3.05) is 5.32 Å². The zero-order valence-corrected chi connectivity index (χ0v) is 10.3. The van der Waals surface area contributed by atoms with Crippen molar-refractivity contribution in [3.63, 3.8) is 0 Å². The van der Waals surface area contributed by atoms with Gasteiger partial charge in [-0.15, -0.1) is 0 Å². The smallest absolute Gasteiger partial charge is 0.146 e. The summed E-state index contributed by atoms with van der Waals surface area (Å²) in [6, 6.07) is 6.56. The van der Waals surface area contributed by atoms with E-state index in [1.165, 1.54) is 6.07 Å². The summed E-state index contributed by atoms with van der Waals surface area (Å²) in [6.45, 7) is 0.188. The molecule has 94 valence electrons. The van der Waals surface area contributed by atoms with E-state index in [0.29, 0.717) is 16.8 Å². The molecule has 1 aromatic carbocycles. The molecule has 0 saturated carbocycles. The van der Waals surface area contributed by atoms with Crippen LogP contribution in [0.15, 0.2) is 36.7 Å². The Morgan fingerprint density at radius 2 is 2.11 bits per heavy atom. The van der Waals surface area contributed by atoms with Gasteiger partial charge in [0.2, 0.25) is 0 Å². The van der Waals surface area contributed by atoms with E-state index in [-0.39, 0.29) is 18.2 Å². The second kappa shape index (κ2) is 5.80. The first-order valence-electron chi connectivity index (χ1n) is 5.43. The van der Waals surface area contributed by atoms with E-state index in [0.717, 1.165) is 0 Å². The van der Waals surface area contributed by atoms with Crippen molar-refractivity contribution in [2.45, 2.75) is 13.2 Å². The maximum atomic E-state index is 13.6. The molecular weight excluding hydrogens is 255 g/mol. The Hall–Kier alpha value is -1.65. The number of aliphatic hydroxyl groups excluding tert-OH is 1. The molecule has 0 unspecified atom stereocenters. The summed E-state index contributed by atoms with van der Waals surface area (Å²) < 4.78 is 13.6. The van der Waals surface area contributed by atoms with Crippen LogP contribution in [-0.4, -0.2) is 10.1 Å². The highest BCUT2D eigenvalue weighted by Crippen LogP contribution is 2.20. The van der Waals surface area contributed by atoms with Crippen molar-refractivity contribution >= 4 is 17.3 Å². The first kappa shape index (κ1) is 12.8. The topological polar surface area (TPSA) is 45.2 Å². The van der Waals surface area contributed by atoms with E-state index in [9.17, 15) is 4.39 Å². The quantitative estimate of drug-likeness (QED) is 0.894. The fourth-order valence-electron chi connectivity index (χ4n) is 1.60. The summed E-state index contributed by atoms with van der Waals surface area (Å²) in [4.78, 5) is 3.95. The second-order valence-corrected chi connectivity index (χ2v) is 4.16. The van der Waals surface area contributed by atoms with Gasteiger partial charge in [0.1, 0.15) is 5.82 Å². The zero-order valence-electron chi connectivity index (χ0n) is 9.53. The van der Waals surface area contributed by atoms with Gasteiger partial charge in [0.15, 0.2) is 0 Å². The van der Waals surface area contributed by atoms with E-state index in [4.69, 9.17) is 16.7 Å². The third-order valence-corrected chi connectivity index (χ3v) is 2.87. The second-order valence-electron chi connectivity index (χ2n) is 3.76. The van der Waals surface area contributed by atoms with Crippen LogP contribution in [0.25, 0.3) is 0 Å². The largest absolute Gasteiger partial charge is 0.392 e. The lowest BCUT2D eigenvalue weighted by Crippen LogP contribution is -2.05. The van der Waals surface area contributed by atoms with Gasteiger partial charge < -0.3 is 10.4 Å². The van der Waals surface area contributed by atoms with Gasteiger partial charge in [0.25, 0.3) is 0 Å². The molecule has 0 aliphatic carbocycles. The first-order chi connectivity index (χ1) is 8.72. The molecule has 2 N–H and O–H groups in total. The number of nitrogens with one attached hydrogen (secondary N) is 1. The molecule has 2 aromatic rings. The monoisotopic (exact) mass is 266 g/mol. The Kier molecular flexibility index (Phi) is 4.12. The number of benzene rings is 1. The van der Waals surface area contributed by atoms with Crippen molar-refractivity contribution in [2.24, 2.45) is 0 Å². The van der Waals surface area contributed by atoms with Crippen LogP contribution in [0.1, 0.15) is 11.1 Å². The Morgan fingerprint density at radius 3 is 2.89 bits per heavy atom. The van der Waals surface area contributed by atoms with E-state index in [1.807, 2.05) is 0 Å². The molecule has 1 aromatic heterocycles. The van der Waals surface area contributed by atoms with Gasteiger partial charge in [-0.2, -0.15) is 0 Å². The summed E-state index contributed by atoms with van der Waals surface area (Å²) >= 11 is 5.70. The van der Waals surface area contributed by atoms with E-state index in [1.54, 1.807) is 30.6 Å². The summed E-state index contributed by atoms with van der Waals surface area (Å²) in [5.41, 5.74) is 1.86. The average molecular weight is 267 g/mol. The fraction of sp³-hybridized carbons (Fsp3) is 0.154. The number of hydrogen-bond donors (Lipinski definition) is 2. The van der Waals surface area contributed by atoms with Gasteiger partial charge in [0, 0.05) is 23.9 Å². The minimum atomic E-state index is -0.430. The van der Waals surface area contributed by atoms with Crippen molar-refractivity contribution in [1.82, 2.24) is 4.98 Å². The van der Waals surface area contributed by atoms with Gasteiger partial charge in [-0.1, -0.05) is 23.7 Å². The van der Waals surface area contributed by atoms with Crippen molar-refractivity contribution in [3.8, 4) is 0 Å². The number of nitrogens with zero attached hydrogens (tertiary/aromatic N) is 1. The van der Waals surface area contributed by atoms with Crippen LogP contribution in [0.5, 0.6) is 0 Å². The van der Waals surface area contributed by atoms with Gasteiger partial charge in [-0.05, 0) is 12.1 Å². The number of halogens is 2. The summed E-state index contributed by atoms with van der Waals surface area (Å²) in [6.07, 6.45) is 3.19. The Bertz CT molecular complexity index is 548. The Morgan fingerprint density at radius 1 is 1.28 bits per heavy atom. The third-order valence-electron chi connectivity index (χ3n) is 2.58. The minimum absolute atomic E-state index is 0.0944. The molecule has 0 aliphatic heterocycles. The maximum absolute atomic E-state index is 13.6. The predicted molar refractivity (Wildman–Crippen MR) is 68.9 cm³/mol. The van der Waals surface area contributed by atoms with E-state index in [2.05, 4.69) is 10.3 Å². The summed E-state index contributed by atoms with van der Waals surface area (Å²) in [5.74, 6) is -0.430. The Labute approximate surface area is 109 Å². The van der Waals surface area contributed by atoms with Crippen molar-refractivity contribution < 1.29 is 9.50 Å². The molecule has 0 fully saturated rings. The highest BCUT2D eigenvalue weighted by atomic mass is 35.5. The van der Waals surface area contributed by atoms with Crippen LogP contribution in [-0.2, 0) is 13.2 Å². The first-order valence-corrected chi connectivity index (χ1v) is 5.80. The molecule has 2 rings (SSSR count). The molecule has 1 heterocycles. The lowest BCUT2D eigenvalue weighted by Gasteiger charge is -2.10.